The minimum atomic E-state index is -1.66. The first-order chi connectivity index (χ1) is 39.7. The molecule has 0 aromatic rings. The molecule has 4 unspecified atom stereocenters. The first-order valence-electron chi connectivity index (χ1n) is 27.7. The number of unbranched alkanes of at least 4 members (excludes halogenated alkanes) is 4. The Morgan fingerprint density at radius 1 is 0.417 bits per heavy atom. The predicted octanol–water partition coefficient (Wildman–Crippen LogP) is 6.93. The second-order valence-corrected chi connectivity index (χ2v) is 22.7. The van der Waals surface area contributed by atoms with Gasteiger partial charge in [0.05, 0.1) is 57.6 Å². The molecule has 0 radical (unpaired) electrons. The summed E-state index contributed by atoms with van der Waals surface area (Å²) in [7, 11) is 1.31. The van der Waals surface area contributed by atoms with Gasteiger partial charge in [-0.25, -0.2) is 47.9 Å². The molecule has 0 heterocycles. The van der Waals surface area contributed by atoms with Crippen LogP contribution >= 0.6 is 0 Å². The van der Waals surface area contributed by atoms with Crippen molar-refractivity contribution in [3.63, 3.8) is 0 Å². The van der Waals surface area contributed by atoms with E-state index >= 15 is 0 Å². The van der Waals surface area contributed by atoms with Crippen molar-refractivity contribution in [2.75, 3.05) is 86.4 Å². The molecule has 2 aliphatic carbocycles. The molecule has 26 heteroatoms. The van der Waals surface area contributed by atoms with Crippen LogP contribution in [0.1, 0.15) is 112 Å². The number of ether oxygens (including phenoxy) is 12. The quantitative estimate of drug-likeness (QED) is 0.0212. The van der Waals surface area contributed by atoms with Gasteiger partial charge in [-0.05, 0) is 94.8 Å². The fraction of sp³-hybridized carbons (Fsp3) is 0.655. The van der Waals surface area contributed by atoms with Gasteiger partial charge in [-0.15, -0.1) is 0 Å². The van der Waals surface area contributed by atoms with Crippen LogP contribution in [0.3, 0.4) is 0 Å². The van der Waals surface area contributed by atoms with Gasteiger partial charge in [-0.1, -0.05) is 60.6 Å². The molecule has 0 aromatic carbocycles. The number of carbonyl (C=O) groups is 10. The zero-order chi connectivity index (χ0) is 62.8. The normalized spacial score (nSPS) is 18.6. The van der Waals surface area contributed by atoms with E-state index in [1.807, 2.05) is 13.8 Å². The lowest BCUT2D eigenvalue weighted by Gasteiger charge is -2.46. The van der Waals surface area contributed by atoms with Crippen LogP contribution in [0.15, 0.2) is 63.3 Å². The molecule has 26 nitrogen and oxygen atoms in total. The molecule has 0 bridgehead atoms. The van der Waals surface area contributed by atoms with Crippen LogP contribution in [-0.2, 0) is 80.8 Å². The van der Waals surface area contributed by atoms with Gasteiger partial charge in [0.1, 0.15) is 39.6 Å². The average molecular weight is 1190 g/mol. The Balaban J connectivity index is 1.91. The topological polar surface area (TPSA) is 330 Å². The van der Waals surface area contributed by atoms with E-state index in [1.165, 1.54) is 7.11 Å². The summed E-state index contributed by atoms with van der Waals surface area (Å²) in [4.78, 5) is 124. The zero-order valence-electron chi connectivity index (χ0n) is 49.6. The molecule has 84 heavy (non-hydrogen) atoms. The number of carbonyl (C=O) groups excluding carboxylic acids is 10. The maximum atomic E-state index is 13.8. The summed E-state index contributed by atoms with van der Waals surface area (Å²) in [6.07, 6.45) is 7.53. The van der Waals surface area contributed by atoms with E-state index in [-0.39, 0.29) is 50.3 Å². The highest BCUT2D eigenvalue weighted by Crippen LogP contribution is 2.41. The fourth-order valence-electron chi connectivity index (χ4n) is 9.82. The van der Waals surface area contributed by atoms with Crippen molar-refractivity contribution in [3.8, 4) is 0 Å². The number of amides is 4. The number of alkyl carbamates (subject to hydrolysis) is 4. The van der Waals surface area contributed by atoms with Gasteiger partial charge < -0.3 is 78.1 Å². The highest BCUT2D eigenvalue weighted by Gasteiger charge is 2.45. The van der Waals surface area contributed by atoms with Crippen LogP contribution in [0.5, 0.6) is 0 Å². The van der Waals surface area contributed by atoms with Gasteiger partial charge in [0.15, 0.2) is 0 Å². The number of methoxy groups -OCH3 is 1. The van der Waals surface area contributed by atoms with Crippen LogP contribution in [-0.4, -0.2) is 170 Å². The summed E-state index contributed by atoms with van der Waals surface area (Å²) >= 11 is 0. The van der Waals surface area contributed by atoms with Crippen molar-refractivity contribution in [1.82, 2.24) is 21.3 Å². The van der Waals surface area contributed by atoms with Crippen LogP contribution in [0.2, 0.25) is 0 Å². The van der Waals surface area contributed by atoms with Gasteiger partial charge in [-0.2, -0.15) is 0 Å². The van der Waals surface area contributed by atoms with E-state index in [1.54, 1.807) is 6.92 Å². The Morgan fingerprint density at radius 2 is 0.762 bits per heavy atom. The van der Waals surface area contributed by atoms with E-state index in [9.17, 15) is 47.9 Å². The van der Waals surface area contributed by atoms with Crippen LogP contribution in [0.4, 0.5) is 24.0 Å². The Morgan fingerprint density at radius 3 is 1.14 bits per heavy atom. The van der Waals surface area contributed by atoms with Crippen molar-refractivity contribution < 1.29 is 105 Å². The maximum Gasteiger partial charge on any atom is 0.508 e. The van der Waals surface area contributed by atoms with Crippen molar-refractivity contribution in [3.05, 3.63) is 63.3 Å². The fourth-order valence-corrected chi connectivity index (χ4v) is 9.82. The summed E-state index contributed by atoms with van der Waals surface area (Å²) in [5, 5.41) is 11.5. The standard InChI is InChI=1S/C58H88N4O22/c1-12-44(63)79-35-57(36-80-45(64)13-2,37-81-46(65)14-3)33-74-34-58(38-82-47(66)15-4,39-83-48(67)16-5)40-84-52(71)62-56(10)31-43(30-55(8,9)32-56)61-51(70)76-24-20-18-22-26-78-53(72)77-25-21-17-19-23-75-50(69)60-42-27-41(59-49(68)73-11)28-54(6,7)29-42/h12-16,41-43H,1-5,17-40H2,6-11H3,(H,59,68)(H,60,69)(H,61,70)(H,62,71). The minimum Gasteiger partial charge on any atom is -0.462 e. The molecule has 0 saturated heterocycles. The van der Waals surface area contributed by atoms with Crippen LogP contribution in [0, 0.1) is 21.7 Å². The summed E-state index contributed by atoms with van der Waals surface area (Å²) < 4.78 is 64.2. The third-order valence-corrected chi connectivity index (χ3v) is 13.3. The molecule has 2 rings (SSSR count). The zero-order valence-corrected chi connectivity index (χ0v) is 49.6. The van der Waals surface area contributed by atoms with E-state index in [4.69, 9.17) is 56.8 Å². The lowest BCUT2D eigenvalue weighted by molar-refractivity contribution is -0.167. The first kappa shape index (κ1) is 72.5. The van der Waals surface area contributed by atoms with Crippen molar-refractivity contribution in [1.29, 1.82) is 0 Å². The van der Waals surface area contributed by atoms with Gasteiger partial charge in [0, 0.05) is 54.0 Å². The second kappa shape index (κ2) is 36.8. The Kier molecular flexibility index (Phi) is 31.8. The van der Waals surface area contributed by atoms with E-state index in [0.29, 0.717) is 57.8 Å². The lowest BCUT2D eigenvalue weighted by Crippen LogP contribution is -2.58. The van der Waals surface area contributed by atoms with Gasteiger partial charge in [0.2, 0.25) is 0 Å². The van der Waals surface area contributed by atoms with Gasteiger partial charge in [0.25, 0.3) is 0 Å². The smallest absolute Gasteiger partial charge is 0.462 e. The van der Waals surface area contributed by atoms with Gasteiger partial charge in [-0.3, -0.25) is 0 Å². The molecule has 0 aromatic heterocycles. The molecule has 4 atom stereocenters. The third-order valence-electron chi connectivity index (χ3n) is 13.3. The SMILES string of the molecule is C=CC(=O)OCC(COCC(COC(=O)C=C)(COC(=O)C=C)COC(=O)NC1(C)CC(NC(=O)OCCCCCOC(=O)OCCCCCOC(=O)NC2CC(NC(=O)OC)CC(C)(C)C2)CC(C)(C)C1)(COC(=O)C=C)COC(=O)C=C. The van der Waals surface area contributed by atoms with Gasteiger partial charge >= 0.3 is 60.4 Å². The second-order valence-electron chi connectivity index (χ2n) is 22.7. The lowest BCUT2D eigenvalue weighted by atomic mass is 9.67. The van der Waals surface area contributed by atoms with Crippen molar-refractivity contribution >= 4 is 60.4 Å². The molecule has 472 valence electrons. The number of nitrogens with one attached hydrogen (secondary N) is 4. The first-order valence-corrected chi connectivity index (χ1v) is 27.7. The van der Waals surface area contributed by atoms with Crippen molar-refractivity contribution in [2.24, 2.45) is 21.7 Å². The molecular weight excluding hydrogens is 1100 g/mol. The predicted molar refractivity (Wildman–Crippen MR) is 300 cm³/mol. The largest absolute Gasteiger partial charge is 0.508 e. The van der Waals surface area contributed by atoms with Crippen molar-refractivity contribution in [2.45, 2.75) is 135 Å². The van der Waals surface area contributed by atoms with Crippen LogP contribution < -0.4 is 21.3 Å². The van der Waals surface area contributed by atoms with E-state index in [0.717, 1.165) is 43.2 Å². The number of hydrogen-bond donors (Lipinski definition) is 4. The Hall–Kier alpha value is -7.64. The van der Waals surface area contributed by atoms with Crippen LogP contribution in [0.25, 0.3) is 0 Å². The highest BCUT2D eigenvalue weighted by atomic mass is 16.7. The van der Waals surface area contributed by atoms with E-state index in [2.05, 4.69) is 68.0 Å². The summed E-state index contributed by atoms with van der Waals surface area (Å²) in [6.45, 7) is 22.8. The highest BCUT2D eigenvalue weighted by molar-refractivity contribution is 5.83. The number of hydrogen-bond acceptors (Lipinski definition) is 22. The minimum absolute atomic E-state index is 0.0817. The summed E-state index contributed by atoms with van der Waals surface area (Å²) in [5.41, 5.74) is -4.73. The molecule has 2 aliphatic rings. The Bertz CT molecular complexity index is 2180. The average Bonchev–Trinajstić information content (AvgIpc) is 3.48. The molecule has 2 saturated carbocycles. The molecule has 2 fully saturated rings. The summed E-state index contributed by atoms with van der Waals surface area (Å²) in [6, 6.07) is -0.752. The monoisotopic (exact) mass is 1190 g/mol. The number of esters is 5. The summed E-state index contributed by atoms with van der Waals surface area (Å²) in [5.74, 6) is -4.41. The number of rotatable bonds is 37. The molecule has 0 spiro atoms. The Labute approximate surface area is 491 Å². The molecule has 4 N–H and O–H groups in total. The third kappa shape index (κ3) is 30.1. The molecule has 4 amide bonds. The molecule has 0 aliphatic heterocycles. The molecular formula is C58H88N4O22. The maximum absolute atomic E-state index is 13.8. The van der Waals surface area contributed by atoms with E-state index < -0.39 is 141 Å².